The molecule has 20 heavy (non-hydrogen) atoms. The first-order chi connectivity index (χ1) is 9.47. The van der Waals surface area contributed by atoms with Crippen LogP contribution in [0.3, 0.4) is 0 Å². The lowest BCUT2D eigenvalue weighted by molar-refractivity contribution is 0.0693. The number of hydrogen-bond acceptors (Lipinski definition) is 3. The van der Waals surface area contributed by atoms with E-state index in [4.69, 9.17) is 0 Å². The summed E-state index contributed by atoms with van der Waals surface area (Å²) in [4.78, 5) is 12.4. The van der Waals surface area contributed by atoms with E-state index >= 15 is 0 Å². The van der Waals surface area contributed by atoms with Crippen molar-refractivity contribution >= 4 is 17.7 Å². The van der Waals surface area contributed by atoms with Gasteiger partial charge in [-0.1, -0.05) is 13.0 Å². The van der Waals surface area contributed by atoms with Gasteiger partial charge in [-0.25, -0.2) is 9.48 Å². The Morgan fingerprint density at radius 1 is 1.35 bits per heavy atom. The first-order valence-corrected chi connectivity index (χ1v) is 7.48. The number of thioether (sulfide) groups is 1. The molecule has 0 amide bonds. The standard InChI is InChI=1S/C15H18N2O2S/c1-5-20-13-8-6-7-12(14(13)15(18)19)17-11(4)9(2)10(3)16-17/h6-8H,5H2,1-4H3,(H,18,19). The van der Waals surface area contributed by atoms with E-state index in [1.165, 1.54) is 11.8 Å². The zero-order chi connectivity index (χ0) is 14.9. The van der Waals surface area contributed by atoms with Crippen molar-refractivity contribution in [2.75, 3.05) is 5.75 Å². The lowest BCUT2D eigenvalue weighted by Crippen LogP contribution is -2.09. The van der Waals surface area contributed by atoms with Crippen LogP contribution in [0, 0.1) is 20.8 Å². The van der Waals surface area contributed by atoms with Gasteiger partial charge in [0.05, 0.1) is 16.9 Å². The summed E-state index contributed by atoms with van der Waals surface area (Å²) < 4.78 is 1.73. The van der Waals surface area contributed by atoms with Crippen molar-refractivity contribution < 1.29 is 9.90 Å². The van der Waals surface area contributed by atoms with Gasteiger partial charge in [0.2, 0.25) is 0 Å². The number of aromatic nitrogens is 2. The Bertz CT molecular complexity index is 662. The van der Waals surface area contributed by atoms with Crippen LogP contribution in [0.4, 0.5) is 0 Å². The first-order valence-electron chi connectivity index (χ1n) is 6.49. The molecule has 0 radical (unpaired) electrons. The predicted octanol–water partition coefficient (Wildman–Crippen LogP) is 3.61. The molecular weight excluding hydrogens is 272 g/mol. The second-order valence-corrected chi connectivity index (χ2v) is 5.90. The number of hydrogen-bond donors (Lipinski definition) is 1. The van der Waals surface area contributed by atoms with Crippen molar-refractivity contribution in [3.8, 4) is 5.69 Å². The lowest BCUT2D eigenvalue weighted by atomic mass is 10.1. The highest BCUT2D eigenvalue weighted by molar-refractivity contribution is 7.99. The zero-order valence-corrected chi connectivity index (χ0v) is 12.9. The van der Waals surface area contributed by atoms with E-state index in [1.54, 1.807) is 4.68 Å². The smallest absolute Gasteiger partial charge is 0.339 e. The zero-order valence-electron chi connectivity index (χ0n) is 12.1. The largest absolute Gasteiger partial charge is 0.478 e. The Kier molecular flexibility index (Phi) is 4.18. The number of aryl methyl sites for hydroxylation is 1. The summed E-state index contributed by atoms with van der Waals surface area (Å²) in [6.07, 6.45) is 0. The molecule has 0 saturated carbocycles. The number of carboxylic acids is 1. The number of nitrogens with zero attached hydrogens (tertiary/aromatic N) is 2. The molecule has 0 spiro atoms. The second kappa shape index (κ2) is 5.71. The highest BCUT2D eigenvalue weighted by Gasteiger charge is 2.19. The van der Waals surface area contributed by atoms with E-state index in [0.29, 0.717) is 11.3 Å². The average molecular weight is 290 g/mol. The van der Waals surface area contributed by atoms with E-state index < -0.39 is 5.97 Å². The fourth-order valence-corrected chi connectivity index (χ4v) is 2.96. The Balaban J connectivity index is 2.70. The molecule has 1 aromatic heterocycles. The van der Waals surface area contributed by atoms with Crippen LogP contribution >= 0.6 is 11.8 Å². The van der Waals surface area contributed by atoms with Gasteiger partial charge in [-0.15, -0.1) is 11.8 Å². The summed E-state index contributed by atoms with van der Waals surface area (Å²) in [5, 5.41) is 14.0. The Labute approximate surface area is 122 Å². The first kappa shape index (κ1) is 14.7. The van der Waals surface area contributed by atoms with Crippen molar-refractivity contribution in [1.82, 2.24) is 9.78 Å². The fraction of sp³-hybridized carbons (Fsp3) is 0.333. The molecule has 1 N–H and O–H groups in total. The van der Waals surface area contributed by atoms with Crippen LogP contribution in [0.25, 0.3) is 5.69 Å². The van der Waals surface area contributed by atoms with E-state index in [1.807, 2.05) is 45.9 Å². The maximum atomic E-state index is 11.6. The van der Waals surface area contributed by atoms with Crippen LogP contribution < -0.4 is 0 Å². The molecule has 106 valence electrons. The van der Waals surface area contributed by atoms with Gasteiger partial charge < -0.3 is 5.11 Å². The van der Waals surface area contributed by atoms with Gasteiger partial charge >= 0.3 is 5.97 Å². The van der Waals surface area contributed by atoms with Crippen LogP contribution in [0.1, 0.15) is 34.2 Å². The van der Waals surface area contributed by atoms with Crippen molar-refractivity contribution in [3.05, 3.63) is 40.7 Å². The van der Waals surface area contributed by atoms with Gasteiger partial charge in [0, 0.05) is 10.6 Å². The highest BCUT2D eigenvalue weighted by Crippen LogP contribution is 2.29. The normalized spacial score (nSPS) is 10.8. The fourth-order valence-electron chi connectivity index (χ4n) is 2.14. The number of rotatable bonds is 4. The molecule has 0 fully saturated rings. The molecule has 1 aromatic carbocycles. The molecule has 0 aliphatic carbocycles. The number of carboxylic acid groups (broad SMARTS) is 1. The number of aromatic carboxylic acids is 1. The monoisotopic (exact) mass is 290 g/mol. The van der Waals surface area contributed by atoms with Gasteiger partial charge in [0.25, 0.3) is 0 Å². The van der Waals surface area contributed by atoms with Gasteiger partial charge in [-0.2, -0.15) is 5.10 Å². The molecule has 4 nitrogen and oxygen atoms in total. The third-order valence-corrected chi connectivity index (χ3v) is 4.34. The summed E-state index contributed by atoms with van der Waals surface area (Å²) in [6, 6.07) is 5.53. The molecule has 2 rings (SSSR count). The SMILES string of the molecule is CCSc1cccc(-n2nc(C)c(C)c2C)c1C(=O)O. The van der Waals surface area contributed by atoms with Gasteiger partial charge in [0.15, 0.2) is 0 Å². The molecular formula is C15H18N2O2S. The third-order valence-electron chi connectivity index (χ3n) is 3.40. The summed E-state index contributed by atoms with van der Waals surface area (Å²) >= 11 is 1.53. The minimum Gasteiger partial charge on any atom is -0.478 e. The van der Waals surface area contributed by atoms with Crippen molar-refractivity contribution in [2.24, 2.45) is 0 Å². The van der Waals surface area contributed by atoms with Crippen molar-refractivity contribution in [1.29, 1.82) is 0 Å². The highest BCUT2D eigenvalue weighted by atomic mass is 32.2. The summed E-state index contributed by atoms with van der Waals surface area (Å²) in [5.41, 5.74) is 3.94. The molecule has 0 atom stereocenters. The predicted molar refractivity (Wildman–Crippen MR) is 81.1 cm³/mol. The molecule has 0 unspecified atom stereocenters. The summed E-state index contributed by atoms with van der Waals surface area (Å²) in [7, 11) is 0. The second-order valence-electron chi connectivity index (χ2n) is 4.60. The maximum absolute atomic E-state index is 11.6. The minimum absolute atomic E-state index is 0.324. The summed E-state index contributed by atoms with van der Waals surface area (Å²) in [5.74, 6) is -0.0818. The molecule has 0 bridgehead atoms. The van der Waals surface area contributed by atoms with E-state index in [2.05, 4.69) is 5.10 Å². The molecule has 5 heteroatoms. The third kappa shape index (κ3) is 2.45. The van der Waals surface area contributed by atoms with E-state index in [-0.39, 0.29) is 0 Å². The van der Waals surface area contributed by atoms with Crippen LogP contribution in [-0.2, 0) is 0 Å². The van der Waals surface area contributed by atoms with Gasteiger partial charge in [-0.3, -0.25) is 0 Å². The molecule has 0 aliphatic rings. The van der Waals surface area contributed by atoms with E-state index in [0.717, 1.165) is 27.6 Å². The summed E-state index contributed by atoms with van der Waals surface area (Å²) in [6.45, 7) is 7.90. The molecule has 1 heterocycles. The number of benzene rings is 1. The quantitative estimate of drug-likeness (QED) is 0.874. The molecule has 0 aliphatic heterocycles. The van der Waals surface area contributed by atoms with Gasteiger partial charge in [-0.05, 0) is 44.2 Å². The Hall–Kier alpha value is -1.75. The Morgan fingerprint density at radius 2 is 2.05 bits per heavy atom. The van der Waals surface area contributed by atoms with Gasteiger partial charge in [0.1, 0.15) is 0 Å². The van der Waals surface area contributed by atoms with Crippen LogP contribution in [0.15, 0.2) is 23.1 Å². The van der Waals surface area contributed by atoms with Crippen molar-refractivity contribution in [2.45, 2.75) is 32.6 Å². The molecule has 2 aromatic rings. The van der Waals surface area contributed by atoms with Crippen molar-refractivity contribution in [3.63, 3.8) is 0 Å². The van der Waals surface area contributed by atoms with Crippen LogP contribution in [0.5, 0.6) is 0 Å². The average Bonchev–Trinajstić information content (AvgIpc) is 2.66. The Morgan fingerprint density at radius 3 is 2.55 bits per heavy atom. The van der Waals surface area contributed by atoms with Crippen LogP contribution in [0.2, 0.25) is 0 Å². The number of carbonyl (C=O) groups is 1. The lowest BCUT2D eigenvalue weighted by Gasteiger charge is -2.12. The minimum atomic E-state index is -0.915. The molecule has 0 saturated heterocycles. The van der Waals surface area contributed by atoms with Crippen LogP contribution in [-0.4, -0.2) is 26.6 Å². The maximum Gasteiger partial charge on any atom is 0.339 e. The topological polar surface area (TPSA) is 55.1 Å². The van der Waals surface area contributed by atoms with E-state index in [9.17, 15) is 9.90 Å².